The number of allylic oxidation sites excluding steroid dienone is 1. The molecule has 2 aliphatic heterocycles. The van der Waals surface area contributed by atoms with Gasteiger partial charge in [-0.05, 0) is 94.3 Å². The third-order valence-electron chi connectivity index (χ3n) is 7.98. The minimum atomic E-state index is -4.43. The van der Waals surface area contributed by atoms with E-state index < -0.39 is 11.7 Å². The molecule has 2 aromatic heterocycles. The van der Waals surface area contributed by atoms with Crippen LogP contribution in [0.15, 0.2) is 42.1 Å². The average Bonchev–Trinajstić information content (AvgIpc) is 3.59. The van der Waals surface area contributed by atoms with Gasteiger partial charge in [0.1, 0.15) is 0 Å². The first-order chi connectivity index (χ1) is 19.2. The zero-order valence-electron chi connectivity index (χ0n) is 22.5. The lowest BCUT2D eigenvalue weighted by Crippen LogP contribution is -2.45. The quantitative estimate of drug-likeness (QED) is 0.200. The number of hydrogen-bond donors (Lipinski definition) is 4. The molecule has 3 aliphatic rings. The van der Waals surface area contributed by atoms with Crippen molar-refractivity contribution in [3.8, 4) is 11.1 Å². The number of pyridine rings is 1. The molecule has 1 amide bonds. The van der Waals surface area contributed by atoms with E-state index in [9.17, 15) is 18.0 Å². The Kier molecular flexibility index (Phi) is 8.28. The summed E-state index contributed by atoms with van der Waals surface area (Å²) in [5, 5.41) is 16.7. The number of hydrogen-bond acceptors (Lipinski definition) is 6. The molecule has 0 bridgehead atoms. The number of thiophene rings is 1. The van der Waals surface area contributed by atoms with Crippen LogP contribution in [0.2, 0.25) is 0 Å². The molecule has 0 radical (unpaired) electrons. The second-order valence-corrected chi connectivity index (χ2v) is 11.9. The molecule has 0 atom stereocenters. The first-order valence-electron chi connectivity index (χ1n) is 13.8. The molecule has 212 valence electrons. The molecule has 1 aromatic carbocycles. The zero-order valence-corrected chi connectivity index (χ0v) is 23.3. The van der Waals surface area contributed by atoms with Crippen LogP contribution in [0.3, 0.4) is 0 Å². The summed E-state index contributed by atoms with van der Waals surface area (Å²) in [4.78, 5) is 17.3. The summed E-state index contributed by atoms with van der Waals surface area (Å²) in [6.45, 7) is 3.88. The molecule has 1 spiro atoms. The number of aryl methyl sites for hydroxylation is 1. The molecule has 0 unspecified atom stereocenters. The molecule has 4 N–H and O–H groups in total. The largest absolute Gasteiger partial charge is 0.416 e. The third-order valence-corrected chi connectivity index (χ3v) is 9.14. The highest BCUT2D eigenvalue weighted by Crippen LogP contribution is 2.43. The number of benzene rings is 1. The Balaban J connectivity index is 0.000000341. The summed E-state index contributed by atoms with van der Waals surface area (Å²) >= 11 is 1.40. The van der Waals surface area contributed by atoms with Gasteiger partial charge in [-0.25, -0.2) is 0 Å². The normalized spacial score (nSPS) is 17.9. The topological polar surface area (TPSA) is 89.9 Å². The molecule has 2 fully saturated rings. The van der Waals surface area contributed by atoms with E-state index in [1.807, 2.05) is 6.07 Å². The fraction of sp³-hybridized carbons (Fsp3) is 0.433. The van der Waals surface area contributed by atoms with E-state index in [0.717, 1.165) is 27.9 Å². The third kappa shape index (κ3) is 6.07. The molecular weight excluding hydrogens is 535 g/mol. The summed E-state index contributed by atoms with van der Waals surface area (Å²) in [5.74, 6) is -0.282. The van der Waals surface area contributed by atoms with E-state index in [-0.39, 0.29) is 12.5 Å². The van der Waals surface area contributed by atoms with Crippen LogP contribution in [0.25, 0.3) is 21.3 Å². The van der Waals surface area contributed by atoms with Gasteiger partial charge >= 0.3 is 6.18 Å². The Labute approximate surface area is 236 Å². The number of fused-ring (bicyclic) bond motifs is 2. The lowest BCUT2D eigenvalue weighted by atomic mass is 9.76. The maximum Gasteiger partial charge on any atom is 0.416 e. The van der Waals surface area contributed by atoms with Crippen molar-refractivity contribution in [1.82, 2.24) is 15.6 Å². The van der Waals surface area contributed by atoms with Gasteiger partial charge in [0.15, 0.2) is 0 Å². The molecule has 1 aliphatic carbocycles. The van der Waals surface area contributed by atoms with Gasteiger partial charge in [-0.15, -0.1) is 11.3 Å². The Morgan fingerprint density at radius 1 is 1.15 bits per heavy atom. The van der Waals surface area contributed by atoms with E-state index in [4.69, 9.17) is 5.41 Å². The number of anilines is 1. The smallest absolute Gasteiger partial charge is 0.384 e. The molecule has 1 saturated heterocycles. The van der Waals surface area contributed by atoms with Crippen molar-refractivity contribution in [3.05, 3.63) is 58.1 Å². The van der Waals surface area contributed by atoms with Crippen LogP contribution in [-0.2, 0) is 23.9 Å². The van der Waals surface area contributed by atoms with Gasteiger partial charge in [0, 0.05) is 51.8 Å². The molecule has 6 nitrogen and oxygen atoms in total. The molecular formula is C30H34F3N5OS. The zero-order chi connectivity index (χ0) is 28.3. The van der Waals surface area contributed by atoms with Crippen LogP contribution >= 0.6 is 11.3 Å². The minimum absolute atomic E-state index is 0.265. The van der Waals surface area contributed by atoms with Crippen molar-refractivity contribution in [1.29, 1.82) is 5.41 Å². The van der Waals surface area contributed by atoms with Gasteiger partial charge in [0.05, 0.1) is 22.3 Å². The van der Waals surface area contributed by atoms with Crippen molar-refractivity contribution in [3.63, 3.8) is 0 Å². The van der Waals surface area contributed by atoms with Crippen molar-refractivity contribution in [2.45, 2.75) is 70.1 Å². The number of carbonyl (C=O) groups excluding carboxylic acids is 1. The lowest BCUT2D eigenvalue weighted by molar-refractivity contribution is -0.137. The predicted octanol–water partition coefficient (Wildman–Crippen LogP) is 6.84. The molecule has 40 heavy (non-hydrogen) atoms. The van der Waals surface area contributed by atoms with Crippen LogP contribution in [0.5, 0.6) is 0 Å². The van der Waals surface area contributed by atoms with E-state index in [1.54, 1.807) is 19.2 Å². The number of halogens is 3. The SMILES string of the molecule is C/C(=C/C=N)C(=O)NCc1cc2nccc(-c3cc(C(F)(F)F)cc4c3NCCC4)c2s1.C1CNC2(C1)CCC2. The van der Waals surface area contributed by atoms with E-state index >= 15 is 0 Å². The van der Waals surface area contributed by atoms with Gasteiger partial charge in [0.2, 0.25) is 5.91 Å². The number of rotatable bonds is 5. The van der Waals surface area contributed by atoms with Crippen LogP contribution < -0.4 is 16.0 Å². The second kappa shape index (κ2) is 11.7. The van der Waals surface area contributed by atoms with Crippen molar-refractivity contribution in [2.75, 3.05) is 18.4 Å². The summed E-state index contributed by atoms with van der Waals surface area (Å²) in [6, 6.07) is 6.03. The highest BCUT2D eigenvalue weighted by Gasteiger charge is 2.38. The van der Waals surface area contributed by atoms with Gasteiger partial charge in [0.25, 0.3) is 0 Å². The number of amides is 1. The standard InChI is InChI=1S/C23H21F3N4OS.C7H13N/c1-13(4-6-27)22(31)30-12-16-11-19-21(32-16)17(5-8-28-19)18-10-15(23(24,25)26)9-14-3-2-7-29-20(14)18;1-3-7(4-1)5-2-6-8-7/h4-6,8-11,27,29H,2-3,7,12H2,1H3,(H,30,31);8H,1-6H2/b13-4-,27-6?;. The highest BCUT2D eigenvalue weighted by atomic mass is 32.1. The number of carbonyl (C=O) groups is 1. The monoisotopic (exact) mass is 569 g/mol. The molecule has 10 heteroatoms. The Hall–Kier alpha value is -3.24. The van der Waals surface area contributed by atoms with Gasteiger partial charge in [-0.2, -0.15) is 13.2 Å². The van der Waals surface area contributed by atoms with E-state index in [1.165, 1.54) is 68.2 Å². The maximum absolute atomic E-state index is 13.6. The Bertz CT molecular complexity index is 1430. The fourth-order valence-electron chi connectivity index (χ4n) is 5.67. The van der Waals surface area contributed by atoms with Gasteiger partial charge < -0.3 is 21.4 Å². The molecule has 1 saturated carbocycles. The van der Waals surface area contributed by atoms with Crippen LogP contribution in [0.4, 0.5) is 18.9 Å². The number of alkyl halides is 3. The van der Waals surface area contributed by atoms with Crippen molar-refractivity contribution < 1.29 is 18.0 Å². The molecule has 6 rings (SSSR count). The number of nitrogens with zero attached hydrogens (tertiary/aromatic N) is 1. The first-order valence-corrected chi connectivity index (χ1v) is 14.6. The van der Waals surface area contributed by atoms with Gasteiger partial charge in [-0.1, -0.05) is 0 Å². The minimum Gasteiger partial charge on any atom is -0.384 e. The summed E-state index contributed by atoms with van der Waals surface area (Å²) < 4.78 is 41.5. The van der Waals surface area contributed by atoms with Crippen LogP contribution in [0, 0.1) is 5.41 Å². The summed E-state index contributed by atoms with van der Waals surface area (Å²) in [6.07, 6.45) is 8.24. The highest BCUT2D eigenvalue weighted by molar-refractivity contribution is 7.19. The molecule has 3 aromatic rings. The van der Waals surface area contributed by atoms with Gasteiger partial charge in [-0.3, -0.25) is 9.78 Å². The van der Waals surface area contributed by atoms with Crippen molar-refractivity contribution in [2.24, 2.45) is 0 Å². The summed E-state index contributed by atoms with van der Waals surface area (Å²) in [7, 11) is 0. The predicted molar refractivity (Wildman–Crippen MR) is 155 cm³/mol. The average molecular weight is 570 g/mol. The Morgan fingerprint density at radius 3 is 2.60 bits per heavy atom. The van der Waals surface area contributed by atoms with E-state index in [0.29, 0.717) is 46.3 Å². The maximum atomic E-state index is 13.6. The van der Waals surface area contributed by atoms with Crippen LogP contribution in [-0.4, -0.2) is 35.7 Å². The fourth-order valence-corrected chi connectivity index (χ4v) is 6.75. The van der Waals surface area contributed by atoms with Crippen LogP contribution in [0.1, 0.15) is 61.5 Å². The molecule has 4 heterocycles. The lowest BCUT2D eigenvalue weighted by Gasteiger charge is -2.38. The summed E-state index contributed by atoms with van der Waals surface area (Å²) in [5.41, 5.74) is 3.72. The first kappa shape index (κ1) is 28.3. The second-order valence-electron chi connectivity index (χ2n) is 10.7. The number of aromatic nitrogens is 1. The van der Waals surface area contributed by atoms with Crippen molar-refractivity contribution >= 4 is 39.4 Å². The Morgan fingerprint density at radius 2 is 1.95 bits per heavy atom. The van der Waals surface area contributed by atoms with E-state index in [2.05, 4.69) is 20.9 Å². The number of nitrogens with one attached hydrogen (secondary N) is 4.